The molecule has 3 aromatic rings. The number of amides is 10. The largest absolute Gasteiger partial charge is 0.370 e. The highest BCUT2D eigenvalue weighted by molar-refractivity contribution is 5.99. The van der Waals surface area contributed by atoms with Gasteiger partial charge in [-0.15, -0.1) is 0 Å². The molecular formula is C48H69N17O10. The molecule has 1 saturated heterocycles. The monoisotopic (exact) mass is 1040 g/mol. The quantitative estimate of drug-likeness (QED) is 0.0328. The zero-order valence-corrected chi connectivity index (χ0v) is 41.6. The van der Waals surface area contributed by atoms with Gasteiger partial charge in [0, 0.05) is 62.9 Å². The Morgan fingerprint density at radius 2 is 1.28 bits per heavy atom. The second-order valence-corrected chi connectivity index (χ2v) is 17.9. The minimum atomic E-state index is -1.75. The number of aromatic nitrogens is 1. The Labute approximate surface area is 432 Å². The maximum Gasteiger partial charge on any atom is 0.243 e. The standard InChI is InChI=1S/C48H69N17O10/c1-26(66)59-32(14-8-20-56-47(51)52)41(70)61-33-15-7-19-55-39(68)18-17-31(40(50)69)60-45(74)36(23-28-25-58-30-13-6-5-12-29(28)30)64-42(71)34(16-9-21-57-48(53)54)62-44(73)35(22-27-10-3-2-4-11-27)63-46(75)37(24-38(49)67)65-43(33)72/h2-6,10-13,25,31-37,58H,7-9,14-24H2,1H3,(H2,49,67)(H2,50,69)(H,55,68)(H,59,66)(H,60,74)(H,61,70)(H,62,73)(H,63,75)(H,64,71)(H,65,72)(H4,51,52,56)(H4,53,54,57)/t31-,32-,33-,34-,35+,36-,37?/m0/s1. The highest BCUT2D eigenvalue weighted by Crippen LogP contribution is 2.20. The van der Waals surface area contributed by atoms with E-state index in [1.165, 1.54) is 6.92 Å². The second-order valence-electron chi connectivity index (χ2n) is 17.9. The molecule has 1 aromatic heterocycles. The van der Waals surface area contributed by atoms with Crippen LogP contribution < -0.4 is 76.1 Å². The lowest BCUT2D eigenvalue weighted by Crippen LogP contribution is -2.61. The molecule has 0 aliphatic carbocycles. The van der Waals surface area contributed by atoms with Crippen LogP contribution in [0.2, 0.25) is 0 Å². The van der Waals surface area contributed by atoms with Gasteiger partial charge in [0.2, 0.25) is 59.1 Å². The van der Waals surface area contributed by atoms with Crippen LogP contribution in [0.3, 0.4) is 0 Å². The predicted octanol–water partition coefficient (Wildman–Crippen LogP) is -4.06. The van der Waals surface area contributed by atoms with Crippen LogP contribution in [-0.2, 0) is 60.8 Å². The maximum atomic E-state index is 14.5. The van der Waals surface area contributed by atoms with Crippen LogP contribution in [0.25, 0.3) is 10.9 Å². The summed E-state index contributed by atoms with van der Waals surface area (Å²) < 4.78 is 0. The van der Waals surface area contributed by atoms with Gasteiger partial charge >= 0.3 is 0 Å². The molecule has 406 valence electrons. The van der Waals surface area contributed by atoms with E-state index in [2.05, 4.69) is 58.2 Å². The Bertz CT molecular complexity index is 2540. The minimum absolute atomic E-state index is 0.0145. The molecule has 0 radical (unpaired) electrons. The number of aromatic amines is 1. The number of benzene rings is 2. The lowest BCUT2D eigenvalue weighted by molar-refractivity contribution is -0.136. The Morgan fingerprint density at radius 3 is 1.93 bits per heavy atom. The van der Waals surface area contributed by atoms with Crippen LogP contribution >= 0.6 is 0 Å². The van der Waals surface area contributed by atoms with Gasteiger partial charge in [-0.2, -0.15) is 0 Å². The van der Waals surface area contributed by atoms with Crippen molar-refractivity contribution in [2.45, 2.75) is 120 Å². The molecule has 1 unspecified atom stereocenters. The second kappa shape index (κ2) is 29.7. The zero-order chi connectivity index (χ0) is 55.0. The van der Waals surface area contributed by atoms with Gasteiger partial charge in [0.1, 0.15) is 42.3 Å². The molecule has 27 nitrogen and oxygen atoms in total. The van der Waals surface area contributed by atoms with Crippen molar-refractivity contribution in [3.05, 3.63) is 71.9 Å². The van der Waals surface area contributed by atoms with E-state index in [0.29, 0.717) is 11.1 Å². The molecule has 10 amide bonds. The normalized spacial score (nSPS) is 21.0. The van der Waals surface area contributed by atoms with E-state index in [9.17, 15) is 47.9 Å². The topological polar surface area (TPSA) is 459 Å². The minimum Gasteiger partial charge on any atom is -0.370 e. The average molecular weight is 1040 g/mol. The number of nitrogens with two attached hydrogens (primary N) is 4. The van der Waals surface area contributed by atoms with Gasteiger partial charge in [0.25, 0.3) is 0 Å². The van der Waals surface area contributed by atoms with E-state index in [0.717, 1.165) is 10.9 Å². The summed E-state index contributed by atoms with van der Waals surface area (Å²) in [6.45, 7) is 1.33. The van der Waals surface area contributed by atoms with E-state index in [-0.39, 0.29) is 95.8 Å². The van der Waals surface area contributed by atoms with Gasteiger partial charge in [-0.25, -0.2) is 0 Å². The first-order valence-electron chi connectivity index (χ1n) is 24.4. The number of H-pyrrole nitrogens is 1. The summed E-state index contributed by atoms with van der Waals surface area (Å²) in [5.74, 6) is -9.37. The molecular weight excluding hydrogens is 975 g/mol. The molecule has 0 saturated carbocycles. The summed E-state index contributed by atoms with van der Waals surface area (Å²) in [6.07, 6.45) is 0.0511. The fraction of sp³-hybridized carbons (Fsp3) is 0.458. The Hall–Kier alpha value is -8.78. The lowest BCUT2D eigenvalue weighted by atomic mass is 10.0. The van der Waals surface area contributed by atoms with Crippen LogP contribution in [0.15, 0.2) is 60.8 Å². The Kier molecular flexibility index (Phi) is 23.3. The van der Waals surface area contributed by atoms with E-state index in [4.69, 9.17) is 33.8 Å². The van der Waals surface area contributed by atoms with Crippen molar-refractivity contribution in [1.29, 1.82) is 10.8 Å². The third kappa shape index (κ3) is 20.3. The van der Waals surface area contributed by atoms with Crippen LogP contribution in [0.1, 0.15) is 75.8 Å². The number of carbonyl (C=O) groups excluding carboxylic acids is 10. The van der Waals surface area contributed by atoms with Gasteiger partial charge in [-0.3, -0.25) is 58.8 Å². The highest BCUT2D eigenvalue weighted by atomic mass is 16.2. The molecule has 0 spiro atoms. The van der Waals surface area contributed by atoms with Crippen molar-refractivity contribution < 1.29 is 47.9 Å². The molecule has 75 heavy (non-hydrogen) atoms. The number of nitrogens with one attached hydrogen (secondary N) is 13. The molecule has 1 aliphatic heterocycles. The van der Waals surface area contributed by atoms with Crippen LogP contribution in [0.5, 0.6) is 0 Å². The van der Waals surface area contributed by atoms with Crippen molar-refractivity contribution in [3.8, 4) is 0 Å². The van der Waals surface area contributed by atoms with Gasteiger partial charge in [0.05, 0.1) is 6.42 Å². The number of rotatable bonds is 18. The SMILES string of the molecule is CC(=O)N[C@@H](CCCNC(=N)N)C(=O)N[C@H]1CCCNC(=O)CC[C@@H](C(N)=O)NC(=O)[C@H](Cc2c[nH]c3ccccc23)NC(=O)[C@H](CCCNC(=N)N)NC(=O)[C@@H](Cc2ccccc2)NC(=O)C(CC(N)=O)NC1=O. The lowest BCUT2D eigenvalue weighted by Gasteiger charge is -2.28. The van der Waals surface area contributed by atoms with Crippen LogP contribution in [0.4, 0.5) is 0 Å². The van der Waals surface area contributed by atoms with Crippen molar-refractivity contribution >= 4 is 81.9 Å². The summed E-state index contributed by atoms with van der Waals surface area (Å²) in [7, 11) is 0. The van der Waals surface area contributed by atoms with E-state index < -0.39 is 108 Å². The van der Waals surface area contributed by atoms with Gasteiger partial charge < -0.3 is 81.1 Å². The summed E-state index contributed by atoms with van der Waals surface area (Å²) in [5.41, 5.74) is 24.0. The first-order valence-corrected chi connectivity index (χ1v) is 24.4. The predicted molar refractivity (Wildman–Crippen MR) is 274 cm³/mol. The number of guanidine groups is 2. The smallest absolute Gasteiger partial charge is 0.243 e. The molecule has 4 rings (SSSR count). The number of primary amides is 2. The van der Waals surface area contributed by atoms with E-state index in [1.54, 1.807) is 54.7 Å². The Morgan fingerprint density at radius 1 is 0.693 bits per heavy atom. The van der Waals surface area contributed by atoms with Crippen molar-refractivity contribution in [2.75, 3.05) is 19.6 Å². The summed E-state index contributed by atoms with van der Waals surface area (Å²) in [4.78, 5) is 139. The molecule has 1 aliphatic rings. The summed E-state index contributed by atoms with van der Waals surface area (Å²) in [5, 5.41) is 41.7. The molecule has 2 aromatic carbocycles. The van der Waals surface area contributed by atoms with Gasteiger partial charge in [0.15, 0.2) is 11.9 Å². The van der Waals surface area contributed by atoms with Crippen molar-refractivity contribution in [3.63, 3.8) is 0 Å². The molecule has 2 heterocycles. The molecule has 7 atom stereocenters. The van der Waals surface area contributed by atoms with E-state index in [1.807, 2.05) is 6.07 Å². The molecule has 0 bridgehead atoms. The Balaban J connectivity index is 1.77. The number of carbonyl (C=O) groups is 10. The highest BCUT2D eigenvalue weighted by Gasteiger charge is 2.35. The van der Waals surface area contributed by atoms with Gasteiger partial charge in [-0.1, -0.05) is 48.5 Å². The number of hydrogen-bond acceptors (Lipinski definition) is 12. The number of hydrogen-bond donors (Lipinski definition) is 17. The fourth-order valence-corrected chi connectivity index (χ4v) is 8.13. The molecule has 21 N–H and O–H groups in total. The van der Waals surface area contributed by atoms with Crippen molar-refractivity contribution in [2.24, 2.45) is 22.9 Å². The van der Waals surface area contributed by atoms with Gasteiger partial charge in [-0.05, 0) is 62.1 Å². The van der Waals surface area contributed by atoms with Crippen molar-refractivity contribution in [1.82, 2.24) is 58.2 Å². The van der Waals surface area contributed by atoms with Crippen LogP contribution in [-0.4, -0.2) is 138 Å². The summed E-state index contributed by atoms with van der Waals surface area (Å²) >= 11 is 0. The molecule has 1 fully saturated rings. The summed E-state index contributed by atoms with van der Waals surface area (Å²) in [6, 6.07) is 5.44. The average Bonchev–Trinajstić information content (AvgIpc) is 3.76. The first-order chi connectivity index (χ1) is 35.7. The first kappa shape index (κ1) is 58.8. The third-order valence-electron chi connectivity index (χ3n) is 11.9. The van der Waals surface area contributed by atoms with Crippen LogP contribution in [0, 0.1) is 10.8 Å². The number of para-hydroxylation sites is 1. The van der Waals surface area contributed by atoms with E-state index >= 15 is 0 Å². The zero-order valence-electron chi connectivity index (χ0n) is 41.6. The fourth-order valence-electron chi connectivity index (χ4n) is 8.13. The number of fused-ring (bicyclic) bond motifs is 1. The maximum absolute atomic E-state index is 14.5. The third-order valence-corrected chi connectivity index (χ3v) is 11.9. The molecule has 27 heteroatoms.